The number of phenolic OH excluding ortho intramolecular Hbond substituents is 1. The molecule has 0 bridgehead atoms. The normalized spacial score (nSPS) is 12.2. The van der Waals surface area contributed by atoms with Crippen molar-refractivity contribution in [1.82, 2.24) is 5.48 Å². The molecule has 0 aromatic heterocycles. The van der Waals surface area contributed by atoms with Crippen molar-refractivity contribution in [3.63, 3.8) is 0 Å². The van der Waals surface area contributed by atoms with Gasteiger partial charge in [0, 0.05) is 11.1 Å². The number of benzene rings is 2. The first-order valence-corrected chi connectivity index (χ1v) is 9.17. The second kappa shape index (κ2) is 8.21. The Morgan fingerprint density at radius 1 is 1.11 bits per heavy atom. The molecule has 0 saturated carbocycles. The van der Waals surface area contributed by atoms with E-state index in [1.807, 2.05) is 13.8 Å². The summed E-state index contributed by atoms with van der Waals surface area (Å²) in [5, 5.41) is 10.0. The standard InChI is InChI=1S/C21H23NO6/c1-4-26-21(25)20(24)22-28-14-10-12(2)19(13(3)11-14)27-18-9-8-17(23)15-6-5-7-16(15)18/h8-11,23H,4-7H2,1-3H3,(H,22,24). The Morgan fingerprint density at radius 2 is 1.79 bits per heavy atom. The largest absolute Gasteiger partial charge is 0.508 e. The van der Waals surface area contributed by atoms with Gasteiger partial charge in [0.05, 0.1) is 6.61 Å². The Balaban J connectivity index is 1.75. The Labute approximate surface area is 163 Å². The zero-order chi connectivity index (χ0) is 20.3. The van der Waals surface area contributed by atoms with Gasteiger partial charge in [-0.15, -0.1) is 0 Å². The number of esters is 1. The summed E-state index contributed by atoms with van der Waals surface area (Å²) < 4.78 is 10.8. The lowest BCUT2D eigenvalue weighted by Crippen LogP contribution is -2.34. The zero-order valence-electron chi connectivity index (χ0n) is 16.1. The molecule has 0 saturated heterocycles. The van der Waals surface area contributed by atoms with E-state index in [1.54, 1.807) is 31.2 Å². The van der Waals surface area contributed by atoms with Gasteiger partial charge in [-0.2, -0.15) is 5.48 Å². The molecular weight excluding hydrogens is 362 g/mol. The van der Waals surface area contributed by atoms with E-state index in [-0.39, 0.29) is 6.61 Å². The van der Waals surface area contributed by atoms with E-state index in [0.29, 0.717) is 17.2 Å². The SMILES string of the molecule is CCOC(=O)C(=O)NOc1cc(C)c(Oc2ccc(O)c3c2CCC3)c(C)c1. The topological polar surface area (TPSA) is 94.1 Å². The van der Waals surface area contributed by atoms with E-state index in [0.717, 1.165) is 47.3 Å². The third kappa shape index (κ3) is 4.03. The smallest absolute Gasteiger partial charge is 0.399 e. The first-order valence-electron chi connectivity index (χ1n) is 9.17. The van der Waals surface area contributed by atoms with Gasteiger partial charge in [0.25, 0.3) is 0 Å². The van der Waals surface area contributed by atoms with E-state index in [9.17, 15) is 14.7 Å². The van der Waals surface area contributed by atoms with Crippen molar-refractivity contribution < 1.29 is 29.0 Å². The van der Waals surface area contributed by atoms with Gasteiger partial charge in [0.2, 0.25) is 0 Å². The van der Waals surface area contributed by atoms with Gasteiger partial charge >= 0.3 is 11.9 Å². The Bertz CT molecular complexity index is 898. The first-order chi connectivity index (χ1) is 13.4. The minimum atomic E-state index is -1.00. The molecule has 2 N–H and O–H groups in total. The van der Waals surface area contributed by atoms with Crippen LogP contribution in [0.15, 0.2) is 24.3 Å². The van der Waals surface area contributed by atoms with E-state index in [2.05, 4.69) is 10.2 Å². The number of aromatic hydroxyl groups is 1. The molecule has 28 heavy (non-hydrogen) atoms. The Morgan fingerprint density at radius 3 is 2.46 bits per heavy atom. The Hall–Kier alpha value is -3.22. The molecule has 0 radical (unpaired) electrons. The molecule has 0 heterocycles. The molecule has 0 atom stereocenters. The van der Waals surface area contributed by atoms with Crippen LogP contribution < -0.4 is 15.1 Å². The van der Waals surface area contributed by atoms with Gasteiger partial charge in [0.1, 0.15) is 17.2 Å². The van der Waals surface area contributed by atoms with Gasteiger partial charge in [-0.1, -0.05) is 0 Å². The first kappa shape index (κ1) is 19.5. The highest BCUT2D eigenvalue weighted by atomic mass is 16.7. The highest BCUT2D eigenvalue weighted by Gasteiger charge is 2.21. The zero-order valence-corrected chi connectivity index (χ0v) is 16.1. The summed E-state index contributed by atoms with van der Waals surface area (Å²) in [6.45, 7) is 5.45. The predicted molar refractivity (Wildman–Crippen MR) is 102 cm³/mol. The van der Waals surface area contributed by atoms with Gasteiger partial charge in [-0.05, 0) is 75.4 Å². The molecule has 0 spiro atoms. The second-order valence-corrected chi connectivity index (χ2v) is 6.64. The maximum absolute atomic E-state index is 11.6. The molecule has 0 unspecified atom stereocenters. The Kier molecular flexibility index (Phi) is 5.73. The fraction of sp³-hybridized carbons (Fsp3) is 0.333. The molecular formula is C21H23NO6. The number of fused-ring (bicyclic) bond motifs is 1. The van der Waals surface area contributed by atoms with Crippen LogP contribution in [0.1, 0.15) is 35.6 Å². The van der Waals surface area contributed by atoms with Crippen molar-refractivity contribution in [2.75, 3.05) is 6.61 Å². The van der Waals surface area contributed by atoms with Gasteiger partial charge in [-0.3, -0.25) is 4.79 Å². The van der Waals surface area contributed by atoms with Crippen LogP contribution in [-0.4, -0.2) is 23.6 Å². The van der Waals surface area contributed by atoms with Gasteiger partial charge < -0.3 is 19.4 Å². The summed E-state index contributed by atoms with van der Waals surface area (Å²) in [6.07, 6.45) is 2.72. The minimum absolute atomic E-state index is 0.109. The van der Waals surface area contributed by atoms with Crippen LogP contribution in [-0.2, 0) is 27.2 Å². The predicted octanol–water partition coefficient (Wildman–Crippen LogP) is 3.26. The van der Waals surface area contributed by atoms with Gasteiger partial charge in [0.15, 0.2) is 5.75 Å². The summed E-state index contributed by atoms with van der Waals surface area (Å²) >= 11 is 0. The molecule has 1 aliphatic rings. The fourth-order valence-corrected chi connectivity index (χ4v) is 3.33. The number of amides is 1. The van der Waals surface area contributed by atoms with Crippen molar-refractivity contribution in [2.45, 2.75) is 40.0 Å². The molecule has 148 valence electrons. The van der Waals surface area contributed by atoms with E-state index in [1.165, 1.54) is 0 Å². The van der Waals surface area contributed by atoms with Crippen molar-refractivity contribution in [3.8, 4) is 23.0 Å². The maximum atomic E-state index is 11.6. The number of hydroxylamine groups is 1. The average molecular weight is 385 g/mol. The third-order valence-electron chi connectivity index (χ3n) is 4.59. The number of ether oxygens (including phenoxy) is 2. The second-order valence-electron chi connectivity index (χ2n) is 6.64. The summed E-state index contributed by atoms with van der Waals surface area (Å²) in [5.41, 5.74) is 5.67. The summed E-state index contributed by atoms with van der Waals surface area (Å²) in [4.78, 5) is 28.1. The molecule has 2 aromatic carbocycles. The maximum Gasteiger partial charge on any atom is 0.399 e. The number of rotatable bonds is 5. The third-order valence-corrected chi connectivity index (χ3v) is 4.59. The van der Waals surface area contributed by atoms with Crippen molar-refractivity contribution in [2.24, 2.45) is 0 Å². The van der Waals surface area contributed by atoms with E-state index in [4.69, 9.17) is 9.57 Å². The average Bonchev–Trinajstić information content (AvgIpc) is 3.15. The molecule has 0 fully saturated rings. The minimum Gasteiger partial charge on any atom is -0.508 e. The fourth-order valence-electron chi connectivity index (χ4n) is 3.33. The highest BCUT2D eigenvalue weighted by molar-refractivity contribution is 6.32. The number of carbonyl (C=O) groups excluding carboxylic acids is 2. The number of hydrogen-bond donors (Lipinski definition) is 2. The van der Waals surface area contributed by atoms with Crippen LogP contribution in [0.4, 0.5) is 0 Å². The lowest BCUT2D eigenvalue weighted by molar-refractivity contribution is -0.157. The molecule has 2 aromatic rings. The van der Waals surface area contributed by atoms with Crippen molar-refractivity contribution in [1.29, 1.82) is 0 Å². The van der Waals surface area contributed by atoms with E-state index >= 15 is 0 Å². The quantitative estimate of drug-likeness (QED) is 0.466. The van der Waals surface area contributed by atoms with Crippen molar-refractivity contribution in [3.05, 3.63) is 46.5 Å². The van der Waals surface area contributed by atoms with Crippen LogP contribution in [0.3, 0.4) is 0 Å². The summed E-state index contributed by atoms with van der Waals surface area (Å²) in [6, 6.07) is 6.84. The lowest BCUT2D eigenvalue weighted by Gasteiger charge is -2.16. The van der Waals surface area contributed by atoms with E-state index < -0.39 is 11.9 Å². The summed E-state index contributed by atoms with van der Waals surface area (Å²) in [7, 11) is 0. The van der Waals surface area contributed by atoms with Crippen LogP contribution in [0, 0.1) is 13.8 Å². The number of phenols is 1. The number of aryl methyl sites for hydroxylation is 2. The summed E-state index contributed by atoms with van der Waals surface area (Å²) in [5.74, 6) is 0.129. The molecule has 1 amide bonds. The van der Waals surface area contributed by atoms with Crippen LogP contribution >= 0.6 is 0 Å². The van der Waals surface area contributed by atoms with Crippen LogP contribution in [0.25, 0.3) is 0 Å². The monoisotopic (exact) mass is 385 g/mol. The number of carbonyl (C=O) groups is 2. The van der Waals surface area contributed by atoms with Crippen LogP contribution in [0.5, 0.6) is 23.0 Å². The lowest BCUT2D eigenvalue weighted by atomic mass is 10.1. The highest BCUT2D eigenvalue weighted by Crippen LogP contribution is 2.40. The molecule has 1 aliphatic carbocycles. The van der Waals surface area contributed by atoms with Crippen molar-refractivity contribution >= 4 is 11.9 Å². The molecule has 7 heteroatoms. The van der Waals surface area contributed by atoms with Gasteiger partial charge in [-0.25, -0.2) is 4.79 Å². The molecule has 3 rings (SSSR count). The number of nitrogens with one attached hydrogen (secondary N) is 1. The molecule has 7 nitrogen and oxygen atoms in total. The molecule has 0 aliphatic heterocycles. The van der Waals surface area contributed by atoms with Crippen LogP contribution in [0.2, 0.25) is 0 Å². The number of hydrogen-bond acceptors (Lipinski definition) is 6.